The van der Waals surface area contributed by atoms with Gasteiger partial charge >= 0.3 is 0 Å². The minimum atomic E-state index is -0.349. The molecule has 2 aromatic carbocycles. The number of benzene rings is 2. The van der Waals surface area contributed by atoms with E-state index in [2.05, 4.69) is 0 Å². The Balaban J connectivity index is 1.77. The average Bonchev–Trinajstić information content (AvgIpc) is 2.61. The maximum Gasteiger partial charge on any atom is 0.253 e. The number of hydrogen-bond donors (Lipinski definition) is 1. The summed E-state index contributed by atoms with van der Waals surface area (Å²) in [5, 5.41) is 0. The molecule has 5 heteroatoms. The molecule has 2 atom stereocenters. The number of rotatable bonds is 3. The van der Waals surface area contributed by atoms with Gasteiger partial charge in [-0.05, 0) is 48.4 Å². The van der Waals surface area contributed by atoms with Crippen molar-refractivity contribution in [1.29, 1.82) is 0 Å². The summed E-state index contributed by atoms with van der Waals surface area (Å²) >= 11 is 0. The van der Waals surface area contributed by atoms with E-state index in [1.165, 1.54) is 24.3 Å². The molecule has 1 aliphatic heterocycles. The largest absolute Gasteiger partial charge is 0.497 e. The highest BCUT2D eigenvalue weighted by Crippen LogP contribution is 2.28. The lowest BCUT2D eigenvalue weighted by molar-refractivity contribution is 0.0689. The molecule has 3 rings (SSSR count). The minimum absolute atomic E-state index is 0.0738. The lowest BCUT2D eigenvalue weighted by atomic mass is 9.88. The molecule has 24 heavy (non-hydrogen) atoms. The van der Waals surface area contributed by atoms with E-state index in [1.54, 1.807) is 12.0 Å². The van der Waals surface area contributed by atoms with Gasteiger partial charge in [-0.1, -0.05) is 12.1 Å². The van der Waals surface area contributed by atoms with Gasteiger partial charge in [0.2, 0.25) is 0 Å². The summed E-state index contributed by atoms with van der Waals surface area (Å²) in [6.07, 6.45) is 0.833. The molecular weight excluding hydrogens is 307 g/mol. The lowest BCUT2D eigenvalue weighted by Gasteiger charge is -2.36. The zero-order chi connectivity index (χ0) is 17.1. The third-order valence-corrected chi connectivity index (χ3v) is 4.45. The Bertz CT molecular complexity index is 700. The average molecular weight is 328 g/mol. The quantitative estimate of drug-likeness (QED) is 0.942. The number of amides is 1. The molecule has 2 N–H and O–H groups in total. The molecule has 0 radical (unpaired) electrons. The highest BCUT2D eigenvalue weighted by atomic mass is 19.1. The number of hydrogen-bond acceptors (Lipinski definition) is 3. The second kappa shape index (κ2) is 7.01. The maximum absolute atomic E-state index is 13.0. The number of likely N-dealkylation sites (tertiary alicyclic amines) is 1. The first-order valence-corrected chi connectivity index (χ1v) is 8.01. The first-order chi connectivity index (χ1) is 11.6. The summed E-state index contributed by atoms with van der Waals surface area (Å²) in [7, 11) is 1.63. The zero-order valence-corrected chi connectivity index (χ0v) is 13.6. The number of halogens is 1. The van der Waals surface area contributed by atoms with Gasteiger partial charge in [-0.25, -0.2) is 4.39 Å². The van der Waals surface area contributed by atoms with Crippen LogP contribution in [0.5, 0.6) is 5.75 Å². The van der Waals surface area contributed by atoms with Crippen LogP contribution < -0.4 is 10.5 Å². The Labute approximate surface area is 141 Å². The van der Waals surface area contributed by atoms with Crippen LogP contribution in [0.2, 0.25) is 0 Å². The Morgan fingerprint density at radius 3 is 2.42 bits per heavy atom. The lowest BCUT2D eigenvalue weighted by Crippen LogP contribution is -2.48. The second-order valence-electron chi connectivity index (χ2n) is 6.18. The van der Waals surface area contributed by atoms with E-state index in [0.29, 0.717) is 18.7 Å². The van der Waals surface area contributed by atoms with Crippen molar-refractivity contribution in [2.75, 3.05) is 20.2 Å². The van der Waals surface area contributed by atoms with E-state index in [-0.39, 0.29) is 23.7 Å². The van der Waals surface area contributed by atoms with Crippen molar-refractivity contribution in [3.63, 3.8) is 0 Å². The van der Waals surface area contributed by atoms with E-state index >= 15 is 0 Å². The van der Waals surface area contributed by atoms with E-state index in [1.807, 2.05) is 24.3 Å². The first kappa shape index (κ1) is 16.5. The predicted molar refractivity (Wildman–Crippen MR) is 90.6 cm³/mol. The van der Waals surface area contributed by atoms with Crippen LogP contribution in [0.4, 0.5) is 4.39 Å². The Hall–Kier alpha value is -2.40. The van der Waals surface area contributed by atoms with Crippen molar-refractivity contribution >= 4 is 5.91 Å². The van der Waals surface area contributed by atoms with Gasteiger partial charge in [0.15, 0.2) is 0 Å². The van der Waals surface area contributed by atoms with Crippen LogP contribution in [0.1, 0.15) is 28.3 Å². The van der Waals surface area contributed by atoms with Crippen molar-refractivity contribution < 1.29 is 13.9 Å². The van der Waals surface area contributed by atoms with Gasteiger partial charge in [0, 0.05) is 30.6 Å². The van der Waals surface area contributed by atoms with Gasteiger partial charge in [-0.3, -0.25) is 4.79 Å². The van der Waals surface area contributed by atoms with Crippen molar-refractivity contribution in [2.24, 2.45) is 5.73 Å². The van der Waals surface area contributed by atoms with Crippen LogP contribution in [0.3, 0.4) is 0 Å². The van der Waals surface area contributed by atoms with Crippen molar-refractivity contribution in [1.82, 2.24) is 4.90 Å². The Kier molecular flexibility index (Phi) is 4.81. The van der Waals surface area contributed by atoms with Gasteiger partial charge < -0.3 is 15.4 Å². The van der Waals surface area contributed by atoms with Crippen LogP contribution in [0, 0.1) is 5.82 Å². The Morgan fingerprint density at radius 1 is 1.12 bits per heavy atom. The van der Waals surface area contributed by atoms with Gasteiger partial charge in [0.05, 0.1) is 7.11 Å². The number of nitrogens with zero attached hydrogens (tertiary/aromatic N) is 1. The fourth-order valence-electron chi connectivity index (χ4n) is 3.20. The van der Waals surface area contributed by atoms with Gasteiger partial charge in [-0.2, -0.15) is 0 Å². The molecule has 126 valence electrons. The Morgan fingerprint density at radius 2 is 1.79 bits per heavy atom. The molecule has 4 nitrogen and oxygen atoms in total. The zero-order valence-electron chi connectivity index (χ0n) is 13.6. The van der Waals surface area contributed by atoms with Crippen molar-refractivity contribution in [2.45, 2.75) is 18.4 Å². The maximum atomic E-state index is 13.0. The summed E-state index contributed by atoms with van der Waals surface area (Å²) in [4.78, 5) is 14.4. The fourth-order valence-corrected chi connectivity index (χ4v) is 3.20. The number of methoxy groups -OCH3 is 1. The van der Waals surface area contributed by atoms with Crippen LogP contribution in [0.15, 0.2) is 48.5 Å². The van der Waals surface area contributed by atoms with E-state index in [0.717, 1.165) is 17.7 Å². The fraction of sp³-hybridized carbons (Fsp3) is 0.316. The number of carbonyl (C=O) groups is 1. The van der Waals surface area contributed by atoms with Crippen LogP contribution in [-0.4, -0.2) is 37.0 Å². The predicted octanol–water partition coefficient (Wildman–Crippen LogP) is 2.79. The van der Waals surface area contributed by atoms with Gasteiger partial charge in [-0.15, -0.1) is 0 Å². The monoisotopic (exact) mass is 328 g/mol. The molecular formula is C19H21FN2O2. The molecule has 1 fully saturated rings. The summed E-state index contributed by atoms with van der Waals surface area (Å²) in [5.74, 6) is 0.531. The molecule has 0 aliphatic carbocycles. The van der Waals surface area contributed by atoms with Gasteiger partial charge in [0.25, 0.3) is 5.91 Å². The summed E-state index contributed by atoms with van der Waals surface area (Å²) in [6, 6.07) is 13.4. The number of carbonyl (C=O) groups excluding carboxylic acids is 1. The highest BCUT2D eigenvalue weighted by Gasteiger charge is 2.29. The molecule has 0 aromatic heterocycles. The SMILES string of the molecule is COc1ccc(C2CC(N)CN(C(=O)c3ccc(F)cc3)C2)cc1. The van der Waals surface area contributed by atoms with E-state index in [4.69, 9.17) is 10.5 Å². The van der Waals surface area contributed by atoms with Gasteiger partial charge in [0.1, 0.15) is 11.6 Å². The van der Waals surface area contributed by atoms with Crippen molar-refractivity contribution in [3.8, 4) is 5.75 Å². The highest BCUT2D eigenvalue weighted by molar-refractivity contribution is 5.94. The molecule has 2 aromatic rings. The van der Waals surface area contributed by atoms with E-state index in [9.17, 15) is 9.18 Å². The summed E-state index contributed by atoms with van der Waals surface area (Å²) in [5.41, 5.74) is 7.80. The molecule has 0 saturated carbocycles. The minimum Gasteiger partial charge on any atom is -0.497 e. The topological polar surface area (TPSA) is 55.6 Å². The molecule has 2 unspecified atom stereocenters. The molecule has 0 bridgehead atoms. The molecule has 1 saturated heterocycles. The number of nitrogens with two attached hydrogens (primary N) is 1. The standard InChI is InChI=1S/C19H21FN2O2/c1-24-18-8-4-13(5-9-18)15-10-17(21)12-22(11-15)19(23)14-2-6-16(20)7-3-14/h2-9,15,17H,10-12,21H2,1H3. The molecule has 0 spiro atoms. The van der Waals surface area contributed by atoms with Crippen LogP contribution in [-0.2, 0) is 0 Å². The summed E-state index contributed by atoms with van der Waals surface area (Å²) < 4.78 is 18.2. The normalized spacial score (nSPS) is 20.7. The smallest absolute Gasteiger partial charge is 0.253 e. The van der Waals surface area contributed by atoms with Crippen molar-refractivity contribution in [3.05, 3.63) is 65.5 Å². The second-order valence-corrected chi connectivity index (χ2v) is 6.18. The van der Waals surface area contributed by atoms with E-state index < -0.39 is 0 Å². The molecule has 1 heterocycles. The molecule has 1 amide bonds. The first-order valence-electron chi connectivity index (χ1n) is 8.01. The number of ether oxygens (including phenoxy) is 1. The third kappa shape index (κ3) is 3.57. The van der Waals surface area contributed by atoms with Crippen LogP contribution >= 0.6 is 0 Å². The summed E-state index contributed by atoms with van der Waals surface area (Å²) in [6.45, 7) is 1.12. The molecule has 1 aliphatic rings. The van der Waals surface area contributed by atoms with Crippen LogP contribution in [0.25, 0.3) is 0 Å². The number of piperidine rings is 1. The third-order valence-electron chi connectivity index (χ3n) is 4.45.